The Morgan fingerprint density at radius 2 is 1.74 bits per heavy atom. The van der Waals surface area contributed by atoms with E-state index in [1.807, 2.05) is 29.2 Å². The number of rotatable bonds is 6. The van der Waals surface area contributed by atoms with Crippen LogP contribution in [0, 0.1) is 0 Å². The first-order valence-corrected chi connectivity index (χ1v) is 12.2. The third-order valence-corrected chi connectivity index (χ3v) is 6.90. The summed E-state index contributed by atoms with van der Waals surface area (Å²) in [5.41, 5.74) is 3.15. The number of hydrogen-bond acceptors (Lipinski definition) is 3. The number of para-hydroxylation sites is 1. The van der Waals surface area contributed by atoms with Crippen molar-refractivity contribution >= 4 is 23.6 Å². The Balaban J connectivity index is 1.12. The molecular formula is C29H28ClNO3. The van der Waals surface area contributed by atoms with Crippen LogP contribution in [0.3, 0.4) is 0 Å². The van der Waals surface area contributed by atoms with Gasteiger partial charge in [0.25, 0.3) is 0 Å². The molecule has 5 rings (SSSR count). The van der Waals surface area contributed by atoms with Gasteiger partial charge < -0.3 is 14.4 Å². The van der Waals surface area contributed by atoms with Crippen LogP contribution in [0.5, 0.6) is 11.5 Å². The molecule has 1 spiro atoms. The first kappa shape index (κ1) is 22.5. The molecule has 2 aliphatic heterocycles. The van der Waals surface area contributed by atoms with Crippen LogP contribution in [0.2, 0.25) is 5.02 Å². The Bertz CT molecular complexity index is 1180. The van der Waals surface area contributed by atoms with Gasteiger partial charge in [0.2, 0.25) is 5.91 Å². The van der Waals surface area contributed by atoms with Crippen LogP contribution in [0.1, 0.15) is 31.2 Å². The molecule has 4 nitrogen and oxygen atoms in total. The number of likely N-dealkylation sites (tertiary alicyclic amines) is 1. The fourth-order valence-corrected chi connectivity index (χ4v) is 4.80. The molecule has 1 amide bonds. The number of benzene rings is 3. The first-order valence-electron chi connectivity index (χ1n) is 11.8. The molecule has 0 bridgehead atoms. The third kappa shape index (κ3) is 4.97. The van der Waals surface area contributed by atoms with Crippen molar-refractivity contribution in [3.8, 4) is 22.6 Å². The molecule has 174 valence electrons. The zero-order chi connectivity index (χ0) is 23.4. The Morgan fingerprint density at radius 1 is 0.971 bits per heavy atom. The molecule has 0 saturated carbocycles. The highest BCUT2D eigenvalue weighted by molar-refractivity contribution is 6.32. The van der Waals surface area contributed by atoms with Gasteiger partial charge in [-0.3, -0.25) is 4.79 Å². The molecule has 2 aliphatic rings. The average molecular weight is 474 g/mol. The highest BCUT2D eigenvalue weighted by Gasteiger charge is 2.37. The van der Waals surface area contributed by atoms with Gasteiger partial charge in [0, 0.05) is 37.9 Å². The second-order valence-corrected chi connectivity index (χ2v) is 9.29. The Hall–Kier alpha value is -3.24. The fourth-order valence-electron chi connectivity index (χ4n) is 4.61. The minimum Gasteiger partial charge on any atom is -0.492 e. The lowest BCUT2D eigenvalue weighted by molar-refractivity contribution is -0.134. The van der Waals surface area contributed by atoms with Crippen LogP contribution < -0.4 is 9.47 Å². The third-order valence-electron chi connectivity index (χ3n) is 6.59. The first-order chi connectivity index (χ1) is 16.6. The number of ether oxygens (including phenoxy) is 2. The molecule has 3 aromatic rings. The molecule has 0 radical (unpaired) electrons. The van der Waals surface area contributed by atoms with Crippen molar-refractivity contribution in [1.82, 2.24) is 4.90 Å². The predicted octanol–water partition coefficient (Wildman–Crippen LogP) is 6.63. The standard InChI is InChI=1S/C29H28ClNO3/c30-25-9-4-5-10-27(25)33-20-6-11-28(32)31-18-16-29(17-19-31)15-14-24-21-23(12-13-26(24)34-29)22-7-2-1-3-8-22/h1-5,7-10,12-15,21H,6,11,16-20H2. The van der Waals surface area contributed by atoms with Gasteiger partial charge in [-0.15, -0.1) is 0 Å². The lowest BCUT2D eigenvalue weighted by Crippen LogP contribution is -2.49. The molecule has 1 fully saturated rings. The highest BCUT2D eigenvalue weighted by atomic mass is 35.5. The summed E-state index contributed by atoms with van der Waals surface area (Å²) in [4.78, 5) is 14.7. The summed E-state index contributed by atoms with van der Waals surface area (Å²) in [7, 11) is 0. The van der Waals surface area contributed by atoms with Crippen molar-refractivity contribution in [2.45, 2.75) is 31.3 Å². The van der Waals surface area contributed by atoms with Crippen LogP contribution in [0.25, 0.3) is 17.2 Å². The van der Waals surface area contributed by atoms with Gasteiger partial charge in [-0.1, -0.05) is 66.2 Å². The van der Waals surface area contributed by atoms with Crippen molar-refractivity contribution in [3.05, 3.63) is 89.5 Å². The Kier molecular flexibility index (Phi) is 6.59. The van der Waals surface area contributed by atoms with Crippen LogP contribution in [0.4, 0.5) is 0 Å². The molecular weight excluding hydrogens is 446 g/mol. The summed E-state index contributed by atoms with van der Waals surface area (Å²) in [5, 5.41) is 0.591. The lowest BCUT2D eigenvalue weighted by atomic mass is 9.87. The van der Waals surface area contributed by atoms with E-state index in [1.54, 1.807) is 6.07 Å². The number of hydrogen-bond donors (Lipinski definition) is 0. The average Bonchev–Trinajstić information content (AvgIpc) is 2.88. The van der Waals surface area contributed by atoms with Crippen molar-refractivity contribution in [1.29, 1.82) is 0 Å². The van der Waals surface area contributed by atoms with E-state index in [9.17, 15) is 4.79 Å². The molecule has 34 heavy (non-hydrogen) atoms. The lowest BCUT2D eigenvalue weighted by Gasteiger charge is -2.42. The van der Waals surface area contributed by atoms with Crippen LogP contribution in [-0.4, -0.2) is 36.1 Å². The topological polar surface area (TPSA) is 38.8 Å². The van der Waals surface area contributed by atoms with E-state index in [4.69, 9.17) is 21.1 Å². The van der Waals surface area contributed by atoms with Crippen LogP contribution in [-0.2, 0) is 4.79 Å². The number of carbonyl (C=O) groups excluding carboxylic acids is 1. The van der Waals surface area contributed by atoms with E-state index in [2.05, 4.69) is 54.6 Å². The maximum absolute atomic E-state index is 12.7. The molecule has 0 N–H and O–H groups in total. The largest absolute Gasteiger partial charge is 0.492 e. The zero-order valence-corrected chi connectivity index (χ0v) is 19.8. The van der Waals surface area contributed by atoms with Gasteiger partial charge in [-0.25, -0.2) is 0 Å². The number of carbonyl (C=O) groups is 1. The van der Waals surface area contributed by atoms with E-state index >= 15 is 0 Å². The maximum atomic E-state index is 12.7. The van der Waals surface area contributed by atoms with E-state index in [0.717, 1.165) is 24.2 Å². The van der Waals surface area contributed by atoms with Gasteiger partial charge in [0.05, 0.1) is 11.6 Å². The summed E-state index contributed by atoms with van der Waals surface area (Å²) in [6, 6.07) is 24.1. The van der Waals surface area contributed by atoms with Gasteiger partial charge in [-0.05, 0) is 47.9 Å². The summed E-state index contributed by atoms with van der Waals surface area (Å²) in [6.45, 7) is 1.87. The van der Waals surface area contributed by atoms with Crippen LogP contribution in [0.15, 0.2) is 78.9 Å². The number of piperidine rings is 1. The minimum absolute atomic E-state index is 0.172. The molecule has 0 aromatic heterocycles. The van der Waals surface area contributed by atoms with Gasteiger partial charge in [-0.2, -0.15) is 0 Å². The summed E-state index contributed by atoms with van der Waals surface area (Å²) in [5.74, 6) is 1.75. The predicted molar refractivity (Wildman–Crippen MR) is 136 cm³/mol. The number of fused-ring (bicyclic) bond motifs is 1. The number of nitrogens with zero attached hydrogens (tertiary/aromatic N) is 1. The molecule has 0 atom stereocenters. The van der Waals surface area contributed by atoms with Crippen molar-refractivity contribution < 1.29 is 14.3 Å². The second kappa shape index (κ2) is 9.94. The van der Waals surface area contributed by atoms with Crippen LogP contribution >= 0.6 is 11.6 Å². The molecule has 1 saturated heterocycles. The zero-order valence-electron chi connectivity index (χ0n) is 19.1. The Morgan fingerprint density at radius 3 is 2.53 bits per heavy atom. The van der Waals surface area contributed by atoms with E-state index in [1.165, 1.54) is 11.1 Å². The number of halogens is 1. The fraction of sp³-hybridized carbons (Fsp3) is 0.276. The van der Waals surface area contributed by atoms with Crippen molar-refractivity contribution in [2.75, 3.05) is 19.7 Å². The van der Waals surface area contributed by atoms with E-state index in [-0.39, 0.29) is 11.5 Å². The molecule has 3 aromatic carbocycles. The quantitative estimate of drug-likeness (QED) is 0.377. The van der Waals surface area contributed by atoms with Gasteiger partial charge in [0.15, 0.2) is 0 Å². The summed E-state index contributed by atoms with van der Waals surface area (Å²) < 4.78 is 12.2. The minimum atomic E-state index is -0.328. The summed E-state index contributed by atoms with van der Waals surface area (Å²) >= 11 is 6.11. The van der Waals surface area contributed by atoms with Crippen molar-refractivity contribution in [3.63, 3.8) is 0 Å². The van der Waals surface area contributed by atoms with E-state index < -0.39 is 0 Å². The monoisotopic (exact) mass is 473 g/mol. The molecule has 5 heteroatoms. The highest BCUT2D eigenvalue weighted by Crippen LogP contribution is 2.39. The maximum Gasteiger partial charge on any atom is 0.222 e. The van der Waals surface area contributed by atoms with Gasteiger partial charge in [0.1, 0.15) is 17.1 Å². The molecule has 0 aliphatic carbocycles. The normalized spacial score (nSPS) is 16.1. The second-order valence-electron chi connectivity index (χ2n) is 8.88. The van der Waals surface area contributed by atoms with E-state index in [0.29, 0.717) is 43.3 Å². The summed E-state index contributed by atoms with van der Waals surface area (Å²) in [6.07, 6.45) is 7.09. The van der Waals surface area contributed by atoms with Crippen molar-refractivity contribution in [2.24, 2.45) is 0 Å². The number of amides is 1. The SMILES string of the molecule is O=C(CCCOc1ccccc1Cl)N1CCC2(C=Cc3cc(-c4ccccc4)ccc3O2)CC1. The molecule has 0 unspecified atom stereocenters. The molecule has 2 heterocycles. The van der Waals surface area contributed by atoms with Gasteiger partial charge >= 0.3 is 0 Å². The smallest absolute Gasteiger partial charge is 0.222 e. The Labute approximate surface area is 205 Å².